The number of benzene rings is 1. The Morgan fingerprint density at radius 1 is 1.10 bits per heavy atom. The number of imide groups is 1. The van der Waals surface area contributed by atoms with E-state index in [1.54, 1.807) is 6.07 Å². The van der Waals surface area contributed by atoms with E-state index >= 15 is 0 Å². The molecule has 2 fully saturated rings. The van der Waals surface area contributed by atoms with E-state index in [-0.39, 0.29) is 35.5 Å². The Bertz CT molecular complexity index is 642. The molecule has 1 aromatic rings. The van der Waals surface area contributed by atoms with Crippen molar-refractivity contribution in [1.82, 2.24) is 0 Å². The van der Waals surface area contributed by atoms with Crippen LogP contribution in [0.15, 0.2) is 34.8 Å². The van der Waals surface area contributed by atoms with Gasteiger partial charge in [0, 0.05) is 0 Å². The number of allylic oxidation sites excluding steroid dienone is 2. The molecule has 102 valence electrons. The number of anilines is 1. The van der Waals surface area contributed by atoms with Crippen molar-refractivity contribution in [2.75, 3.05) is 4.90 Å². The van der Waals surface area contributed by atoms with Crippen LogP contribution >= 0.6 is 15.9 Å². The van der Waals surface area contributed by atoms with E-state index in [2.05, 4.69) is 15.9 Å². The van der Waals surface area contributed by atoms with Gasteiger partial charge in [0.25, 0.3) is 0 Å². The minimum absolute atomic E-state index is 0.173. The van der Waals surface area contributed by atoms with Crippen LogP contribution in [0.5, 0.6) is 0 Å². The van der Waals surface area contributed by atoms with Gasteiger partial charge in [0.15, 0.2) is 0 Å². The molecule has 3 nitrogen and oxygen atoms in total. The van der Waals surface area contributed by atoms with Crippen LogP contribution in [0.2, 0.25) is 0 Å². The topological polar surface area (TPSA) is 37.4 Å². The minimum Gasteiger partial charge on any atom is -0.274 e. The van der Waals surface area contributed by atoms with Gasteiger partial charge in [-0.15, -0.1) is 0 Å². The summed E-state index contributed by atoms with van der Waals surface area (Å²) in [5.74, 6) is -0.981. The molecule has 5 heteroatoms. The third-order valence-electron chi connectivity index (χ3n) is 4.63. The number of rotatable bonds is 1. The summed E-state index contributed by atoms with van der Waals surface area (Å²) in [5, 5.41) is 0. The van der Waals surface area contributed by atoms with Crippen LogP contribution in [0.3, 0.4) is 0 Å². The zero-order chi connectivity index (χ0) is 14.0. The molecular formula is C15H11BrFNO2. The quantitative estimate of drug-likeness (QED) is 0.584. The van der Waals surface area contributed by atoms with Gasteiger partial charge >= 0.3 is 0 Å². The Labute approximate surface area is 123 Å². The van der Waals surface area contributed by atoms with E-state index in [1.165, 1.54) is 12.1 Å². The third kappa shape index (κ3) is 1.44. The molecule has 20 heavy (non-hydrogen) atoms. The van der Waals surface area contributed by atoms with Crippen molar-refractivity contribution in [3.8, 4) is 0 Å². The summed E-state index contributed by atoms with van der Waals surface area (Å²) in [7, 11) is 0. The standard InChI is InChI=1S/C15H11BrFNO2/c16-10-4-3-9(6-11(10)17)18-14(19)12-7-1-2-8(5-7)13(12)15(18)20/h1-4,6-8,12-13H,5H2. The normalized spacial score (nSPS) is 34.2. The predicted octanol–water partition coefficient (Wildman–Crippen LogP) is 2.90. The van der Waals surface area contributed by atoms with Gasteiger partial charge < -0.3 is 0 Å². The lowest BCUT2D eigenvalue weighted by Crippen LogP contribution is -2.32. The predicted molar refractivity (Wildman–Crippen MR) is 74.3 cm³/mol. The Hall–Kier alpha value is -1.49. The van der Waals surface area contributed by atoms with Crippen molar-refractivity contribution in [1.29, 1.82) is 0 Å². The summed E-state index contributed by atoms with van der Waals surface area (Å²) in [6, 6.07) is 4.35. The van der Waals surface area contributed by atoms with Crippen molar-refractivity contribution in [2.24, 2.45) is 23.7 Å². The summed E-state index contributed by atoms with van der Waals surface area (Å²) in [4.78, 5) is 26.2. The van der Waals surface area contributed by atoms with Gasteiger partial charge in [-0.25, -0.2) is 9.29 Å². The van der Waals surface area contributed by atoms with Crippen molar-refractivity contribution in [3.63, 3.8) is 0 Å². The van der Waals surface area contributed by atoms with Crippen LogP contribution in [0, 0.1) is 29.5 Å². The molecule has 0 aromatic heterocycles. The molecule has 1 aromatic carbocycles. The van der Waals surface area contributed by atoms with Gasteiger partial charge in [-0.1, -0.05) is 12.2 Å². The molecule has 2 bridgehead atoms. The number of carbonyl (C=O) groups excluding carboxylic acids is 2. The molecule has 0 spiro atoms. The molecule has 0 radical (unpaired) electrons. The van der Waals surface area contributed by atoms with Gasteiger partial charge in [-0.3, -0.25) is 9.59 Å². The summed E-state index contributed by atoms with van der Waals surface area (Å²) in [6.07, 6.45) is 4.99. The van der Waals surface area contributed by atoms with Gasteiger partial charge in [0.2, 0.25) is 11.8 Å². The molecule has 3 aliphatic rings. The smallest absolute Gasteiger partial charge is 0.238 e. The van der Waals surface area contributed by atoms with Gasteiger partial charge in [-0.2, -0.15) is 0 Å². The first kappa shape index (κ1) is 12.3. The van der Waals surface area contributed by atoms with Crippen LogP contribution in [-0.2, 0) is 9.59 Å². The van der Waals surface area contributed by atoms with E-state index in [0.29, 0.717) is 10.2 Å². The Balaban J connectivity index is 1.76. The Kier molecular flexibility index (Phi) is 2.46. The van der Waals surface area contributed by atoms with E-state index in [1.807, 2.05) is 12.2 Å². The van der Waals surface area contributed by atoms with Gasteiger partial charge in [0.05, 0.1) is 22.0 Å². The molecule has 0 N–H and O–H groups in total. The number of carbonyl (C=O) groups is 2. The lowest BCUT2D eigenvalue weighted by molar-refractivity contribution is -0.123. The number of halogens is 2. The average Bonchev–Trinajstić information content (AvgIpc) is 3.08. The highest BCUT2D eigenvalue weighted by molar-refractivity contribution is 9.10. The molecular weight excluding hydrogens is 325 g/mol. The van der Waals surface area contributed by atoms with E-state index in [0.717, 1.165) is 11.3 Å². The fraction of sp³-hybridized carbons (Fsp3) is 0.333. The summed E-state index contributed by atoms with van der Waals surface area (Å²) < 4.78 is 14.0. The van der Waals surface area contributed by atoms with Crippen LogP contribution < -0.4 is 4.90 Å². The highest BCUT2D eigenvalue weighted by atomic mass is 79.9. The van der Waals surface area contributed by atoms with Crippen LogP contribution in [0.25, 0.3) is 0 Å². The molecule has 4 unspecified atom stereocenters. The van der Waals surface area contributed by atoms with E-state index < -0.39 is 5.82 Å². The molecule has 4 rings (SSSR count). The third-order valence-corrected chi connectivity index (χ3v) is 5.27. The molecule has 1 aliphatic heterocycles. The monoisotopic (exact) mass is 335 g/mol. The van der Waals surface area contributed by atoms with Gasteiger partial charge in [0.1, 0.15) is 5.82 Å². The molecule has 2 aliphatic carbocycles. The van der Waals surface area contributed by atoms with Crippen LogP contribution in [0.4, 0.5) is 10.1 Å². The van der Waals surface area contributed by atoms with Crippen molar-refractivity contribution >= 4 is 33.4 Å². The first-order valence-electron chi connectivity index (χ1n) is 6.59. The highest BCUT2D eigenvalue weighted by Gasteiger charge is 2.59. The molecule has 2 amide bonds. The fourth-order valence-electron chi connectivity index (χ4n) is 3.78. The summed E-state index contributed by atoms with van der Waals surface area (Å²) >= 11 is 3.07. The van der Waals surface area contributed by atoms with Gasteiger partial charge in [-0.05, 0) is 52.4 Å². The maximum atomic E-state index is 13.6. The Morgan fingerprint density at radius 2 is 1.70 bits per heavy atom. The first-order chi connectivity index (χ1) is 9.58. The number of nitrogens with zero attached hydrogens (tertiary/aromatic N) is 1. The first-order valence-corrected chi connectivity index (χ1v) is 7.38. The largest absolute Gasteiger partial charge is 0.274 e. The zero-order valence-electron chi connectivity index (χ0n) is 10.4. The Morgan fingerprint density at radius 3 is 2.25 bits per heavy atom. The maximum absolute atomic E-state index is 13.6. The lowest BCUT2D eigenvalue weighted by atomic mass is 9.85. The van der Waals surface area contributed by atoms with E-state index in [9.17, 15) is 14.0 Å². The van der Waals surface area contributed by atoms with Crippen molar-refractivity contribution < 1.29 is 14.0 Å². The summed E-state index contributed by atoms with van der Waals surface area (Å²) in [5.41, 5.74) is 0.328. The molecule has 4 atom stereocenters. The van der Waals surface area contributed by atoms with Crippen LogP contribution in [0.1, 0.15) is 6.42 Å². The molecule has 1 saturated carbocycles. The minimum atomic E-state index is -0.471. The number of fused-ring (bicyclic) bond motifs is 5. The van der Waals surface area contributed by atoms with Crippen molar-refractivity contribution in [2.45, 2.75) is 6.42 Å². The lowest BCUT2D eigenvalue weighted by Gasteiger charge is -2.17. The molecule has 1 heterocycles. The van der Waals surface area contributed by atoms with Crippen molar-refractivity contribution in [3.05, 3.63) is 40.6 Å². The second-order valence-electron chi connectivity index (χ2n) is 5.61. The maximum Gasteiger partial charge on any atom is 0.238 e. The number of hydrogen-bond acceptors (Lipinski definition) is 2. The number of amides is 2. The average molecular weight is 336 g/mol. The second kappa shape index (κ2) is 4.01. The molecule has 1 saturated heterocycles. The second-order valence-corrected chi connectivity index (χ2v) is 6.46. The number of hydrogen-bond donors (Lipinski definition) is 0. The fourth-order valence-corrected chi connectivity index (χ4v) is 4.03. The summed E-state index contributed by atoms with van der Waals surface area (Å²) in [6.45, 7) is 0. The van der Waals surface area contributed by atoms with E-state index in [4.69, 9.17) is 0 Å². The highest BCUT2D eigenvalue weighted by Crippen LogP contribution is 2.53. The SMILES string of the molecule is O=C1C2C3C=CC(C3)C2C(=O)N1c1ccc(Br)c(F)c1. The zero-order valence-corrected chi connectivity index (χ0v) is 12.0. The van der Waals surface area contributed by atoms with Crippen LogP contribution in [-0.4, -0.2) is 11.8 Å².